The minimum absolute atomic E-state index is 0.0500. The molecule has 0 bridgehead atoms. The number of rotatable bonds is 5. The number of anilines is 1. The van der Waals surface area contributed by atoms with Crippen molar-refractivity contribution in [2.24, 2.45) is 0 Å². The first kappa shape index (κ1) is 14.6. The highest BCUT2D eigenvalue weighted by molar-refractivity contribution is 5.92. The van der Waals surface area contributed by atoms with E-state index in [0.29, 0.717) is 5.69 Å². The second-order valence-electron chi connectivity index (χ2n) is 4.81. The van der Waals surface area contributed by atoms with Crippen molar-refractivity contribution in [3.63, 3.8) is 0 Å². The van der Waals surface area contributed by atoms with Crippen LogP contribution >= 0.6 is 0 Å². The fourth-order valence-electron chi connectivity index (χ4n) is 1.23. The van der Waals surface area contributed by atoms with Gasteiger partial charge in [-0.1, -0.05) is 6.07 Å². The summed E-state index contributed by atoms with van der Waals surface area (Å²) in [6.45, 7) is 5.30. The number of carbonyl (C=O) groups is 1. The molecule has 0 aliphatic heterocycles. The van der Waals surface area contributed by atoms with Gasteiger partial charge in [0.25, 0.3) is 0 Å². The molecule has 18 heavy (non-hydrogen) atoms. The maximum Gasteiger partial charge on any atom is 0.238 e. The third-order valence-corrected chi connectivity index (χ3v) is 2.86. The summed E-state index contributed by atoms with van der Waals surface area (Å²) in [5.41, 5.74) is -0.143. The summed E-state index contributed by atoms with van der Waals surface area (Å²) in [6, 6.07) is 5.70. The minimum Gasteiger partial charge on any atom is -0.392 e. The first-order chi connectivity index (χ1) is 8.31. The molecule has 4 nitrogen and oxygen atoms in total. The van der Waals surface area contributed by atoms with Crippen molar-refractivity contribution in [3.8, 4) is 0 Å². The van der Waals surface area contributed by atoms with Crippen LogP contribution in [-0.2, 0) is 4.79 Å². The highest BCUT2D eigenvalue weighted by Crippen LogP contribution is 2.10. The highest BCUT2D eigenvalue weighted by atomic mass is 19.1. The van der Waals surface area contributed by atoms with Gasteiger partial charge in [0, 0.05) is 11.2 Å². The van der Waals surface area contributed by atoms with Gasteiger partial charge < -0.3 is 15.7 Å². The summed E-state index contributed by atoms with van der Waals surface area (Å²) < 4.78 is 12.9. The number of nitrogens with one attached hydrogen (secondary N) is 2. The van der Waals surface area contributed by atoms with Gasteiger partial charge in [-0.15, -0.1) is 0 Å². The van der Waals surface area contributed by atoms with E-state index >= 15 is 0 Å². The van der Waals surface area contributed by atoms with Crippen molar-refractivity contribution in [2.75, 3.05) is 11.9 Å². The number of halogens is 1. The first-order valence-corrected chi connectivity index (χ1v) is 5.80. The molecule has 0 aliphatic rings. The van der Waals surface area contributed by atoms with E-state index in [1.807, 2.05) is 0 Å². The first-order valence-electron chi connectivity index (χ1n) is 5.80. The van der Waals surface area contributed by atoms with Crippen LogP contribution in [0.5, 0.6) is 0 Å². The van der Waals surface area contributed by atoms with Crippen LogP contribution in [0.4, 0.5) is 10.1 Å². The predicted molar refractivity (Wildman–Crippen MR) is 68.8 cm³/mol. The number of carbonyl (C=O) groups excluding carboxylic acids is 1. The van der Waals surface area contributed by atoms with Crippen molar-refractivity contribution in [1.82, 2.24) is 5.32 Å². The highest BCUT2D eigenvalue weighted by Gasteiger charge is 2.23. The molecule has 0 fully saturated rings. The number of aliphatic hydroxyl groups excluding tert-OH is 1. The van der Waals surface area contributed by atoms with Crippen LogP contribution in [0, 0.1) is 5.82 Å². The molecule has 1 amide bonds. The Morgan fingerprint density at radius 1 is 1.50 bits per heavy atom. The Morgan fingerprint density at radius 2 is 2.17 bits per heavy atom. The van der Waals surface area contributed by atoms with E-state index in [0.717, 1.165) is 0 Å². The normalized spacial score (nSPS) is 13.2. The molecule has 0 saturated carbocycles. The van der Waals surface area contributed by atoms with Gasteiger partial charge in [0.2, 0.25) is 5.91 Å². The van der Waals surface area contributed by atoms with Gasteiger partial charge in [-0.3, -0.25) is 4.79 Å². The van der Waals surface area contributed by atoms with E-state index < -0.39 is 17.5 Å². The van der Waals surface area contributed by atoms with Gasteiger partial charge >= 0.3 is 0 Å². The molecule has 0 spiro atoms. The average molecular weight is 254 g/mol. The average Bonchev–Trinajstić information content (AvgIpc) is 2.26. The zero-order valence-electron chi connectivity index (χ0n) is 10.8. The number of aliphatic hydroxyl groups is 1. The lowest BCUT2D eigenvalue weighted by Gasteiger charge is -2.29. The third kappa shape index (κ3) is 4.43. The topological polar surface area (TPSA) is 61.4 Å². The SMILES string of the molecule is CC(O)C(C)(C)NCC(=O)Nc1cccc(F)c1. The maximum atomic E-state index is 12.9. The Hall–Kier alpha value is -1.46. The molecule has 1 rings (SSSR count). The number of amides is 1. The number of hydrogen-bond donors (Lipinski definition) is 3. The van der Waals surface area contributed by atoms with Crippen molar-refractivity contribution in [2.45, 2.75) is 32.4 Å². The molecule has 1 aromatic carbocycles. The van der Waals surface area contributed by atoms with Gasteiger partial charge in [0.1, 0.15) is 5.82 Å². The molecule has 3 N–H and O–H groups in total. The minimum atomic E-state index is -0.584. The Morgan fingerprint density at radius 3 is 2.72 bits per heavy atom. The molecule has 1 atom stereocenters. The molecule has 0 radical (unpaired) electrons. The predicted octanol–water partition coefficient (Wildman–Crippen LogP) is 1.51. The van der Waals surface area contributed by atoms with Crippen LogP contribution in [0.3, 0.4) is 0 Å². The monoisotopic (exact) mass is 254 g/mol. The third-order valence-electron chi connectivity index (χ3n) is 2.86. The van der Waals surface area contributed by atoms with Crippen LogP contribution in [-0.4, -0.2) is 29.2 Å². The molecule has 1 unspecified atom stereocenters. The fourth-order valence-corrected chi connectivity index (χ4v) is 1.23. The van der Waals surface area contributed by atoms with E-state index in [1.165, 1.54) is 18.2 Å². The molecule has 0 saturated heterocycles. The fraction of sp³-hybridized carbons (Fsp3) is 0.462. The van der Waals surface area contributed by atoms with Crippen molar-refractivity contribution in [1.29, 1.82) is 0 Å². The second kappa shape index (κ2) is 5.93. The van der Waals surface area contributed by atoms with E-state index in [1.54, 1.807) is 26.8 Å². The van der Waals surface area contributed by atoms with Gasteiger partial charge in [-0.05, 0) is 39.0 Å². The smallest absolute Gasteiger partial charge is 0.238 e. The summed E-state index contributed by atoms with van der Waals surface area (Å²) in [5, 5.41) is 15.0. The lowest BCUT2D eigenvalue weighted by molar-refractivity contribution is -0.115. The van der Waals surface area contributed by atoms with Crippen molar-refractivity contribution in [3.05, 3.63) is 30.1 Å². The standard InChI is InChI=1S/C13H19FN2O2/c1-9(17)13(2,3)15-8-12(18)16-11-6-4-5-10(14)7-11/h4-7,9,15,17H,8H2,1-3H3,(H,16,18). The summed E-state index contributed by atoms with van der Waals surface area (Å²) in [6.07, 6.45) is -0.584. The van der Waals surface area contributed by atoms with E-state index in [4.69, 9.17) is 0 Å². The van der Waals surface area contributed by atoms with Crippen LogP contribution in [0.15, 0.2) is 24.3 Å². The van der Waals surface area contributed by atoms with Crippen molar-refractivity contribution >= 4 is 11.6 Å². The van der Waals surface area contributed by atoms with Gasteiger partial charge in [-0.2, -0.15) is 0 Å². The van der Waals surface area contributed by atoms with Gasteiger partial charge in [-0.25, -0.2) is 4.39 Å². The quantitative estimate of drug-likeness (QED) is 0.746. The zero-order chi connectivity index (χ0) is 13.8. The molecule has 1 aromatic rings. The van der Waals surface area contributed by atoms with E-state index in [-0.39, 0.29) is 12.5 Å². The largest absolute Gasteiger partial charge is 0.392 e. The number of hydrogen-bond acceptors (Lipinski definition) is 3. The zero-order valence-corrected chi connectivity index (χ0v) is 10.8. The lowest BCUT2D eigenvalue weighted by Crippen LogP contribution is -2.50. The Balaban J connectivity index is 2.48. The van der Waals surface area contributed by atoms with E-state index in [9.17, 15) is 14.3 Å². The van der Waals surface area contributed by atoms with Crippen LogP contribution in [0.1, 0.15) is 20.8 Å². The summed E-state index contributed by atoms with van der Waals surface area (Å²) in [5.74, 6) is -0.681. The molecule has 100 valence electrons. The van der Waals surface area contributed by atoms with Crippen LogP contribution in [0.25, 0.3) is 0 Å². The molecular formula is C13H19FN2O2. The van der Waals surface area contributed by atoms with Crippen LogP contribution < -0.4 is 10.6 Å². The Kier molecular flexibility index (Phi) is 4.81. The Bertz CT molecular complexity index is 419. The van der Waals surface area contributed by atoms with Gasteiger partial charge in [0.15, 0.2) is 0 Å². The van der Waals surface area contributed by atoms with Crippen LogP contribution in [0.2, 0.25) is 0 Å². The lowest BCUT2D eigenvalue weighted by atomic mass is 9.99. The molecule has 0 aromatic heterocycles. The Labute approximate surface area is 106 Å². The molecule has 5 heteroatoms. The van der Waals surface area contributed by atoms with Crippen molar-refractivity contribution < 1.29 is 14.3 Å². The van der Waals surface area contributed by atoms with E-state index in [2.05, 4.69) is 10.6 Å². The molecule has 0 heterocycles. The number of benzene rings is 1. The van der Waals surface area contributed by atoms with Gasteiger partial charge in [0.05, 0.1) is 12.6 Å². The second-order valence-corrected chi connectivity index (χ2v) is 4.81. The summed E-state index contributed by atoms with van der Waals surface area (Å²) in [4.78, 5) is 11.6. The molecule has 0 aliphatic carbocycles. The summed E-state index contributed by atoms with van der Waals surface area (Å²) >= 11 is 0. The maximum absolute atomic E-state index is 12.9. The molecular weight excluding hydrogens is 235 g/mol. The summed E-state index contributed by atoms with van der Waals surface area (Å²) in [7, 11) is 0.